The Balaban J connectivity index is 2.89. The van der Waals surface area contributed by atoms with Crippen molar-refractivity contribution in [1.82, 2.24) is 14.9 Å². The van der Waals surface area contributed by atoms with Gasteiger partial charge in [-0.05, 0) is 13.8 Å². The zero-order valence-corrected chi connectivity index (χ0v) is 9.74. The zero-order valence-electron chi connectivity index (χ0n) is 9.74. The smallest absolute Gasteiger partial charge is 0.257 e. The maximum Gasteiger partial charge on any atom is 0.257 e. The fourth-order valence-electron chi connectivity index (χ4n) is 1.27. The van der Waals surface area contributed by atoms with E-state index >= 15 is 0 Å². The molecular weight excluding hydrogens is 222 g/mol. The van der Waals surface area contributed by atoms with E-state index in [0.717, 1.165) is 0 Å². The lowest BCUT2D eigenvalue weighted by Crippen LogP contribution is -2.42. The molecule has 17 heavy (non-hydrogen) atoms. The van der Waals surface area contributed by atoms with Crippen molar-refractivity contribution in [2.45, 2.75) is 19.9 Å². The lowest BCUT2D eigenvalue weighted by molar-refractivity contribution is 0.0733. The van der Waals surface area contributed by atoms with E-state index in [4.69, 9.17) is 10.9 Å². The summed E-state index contributed by atoms with van der Waals surface area (Å²) in [6.45, 7) is 3.74. The van der Waals surface area contributed by atoms with Gasteiger partial charge in [0.15, 0.2) is 5.84 Å². The van der Waals surface area contributed by atoms with E-state index in [1.54, 1.807) is 0 Å². The average Bonchev–Trinajstić information content (AvgIpc) is 2.35. The van der Waals surface area contributed by atoms with Gasteiger partial charge in [-0.2, -0.15) is 0 Å². The molecule has 0 fully saturated rings. The Morgan fingerprint density at radius 3 is 2.59 bits per heavy atom. The summed E-state index contributed by atoms with van der Waals surface area (Å²) in [5, 5.41) is 11.4. The van der Waals surface area contributed by atoms with Crippen LogP contribution in [-0.4, -0.2) is 44.4 Å². The van der Waals surface area contributed by atoms with Crippen LogP contribution in [0, 0.1) is 0 Å². The van der Waals surface area contributed by atoms with Gasteiger partial charge in [-0.25, -0.2) is 9.97 Å². The molecule has 1 rings (SSSR count). The van der Waals surface area contributed by atoms with Gasteiger partial charge in [0.25, 0.3) is 5.91 Å². The minimum Gasteiger partial charge on any atom is -0.409 e. The molecule has 0 aliphatic carbocycles. The number of carbonyl (C=O) groups excluding carboxylic acids is 1. The van der Waals surface area contributed by atoms with Crippen LogP contribution in [-0.2, 0) is 0 Å². The Hall–Kier alpha value is -2.18. The lowest BCUT2D eigenvalue weighted by Gasteiger charge is -2.25. The van der Waals surface area contributed by atoms with E-state index in [2.05, 4.69) is 15.1 Å². The largest absolute Gasteiger partial charge is 0.409 e. The van der Waals surface area contributed by atoms with Crippen LogP contribution in [0.25, 0.3) is 0 Å². The fraction of sp³-hybridized carbons (Fsp3) is 0.400. The number of aromatic nitrogens is 2. The Morgan fingerprint density at radius 1 is 1.53 bits per heavy atom. The van der Waals surface area contributed by atoms with Gasteiger partial charge in [0.05, 0.1) is 12.1 Å². The zero-order chi connectivity index (χ0) is 12.8. The first-order valence-electron chi connectivity index (χ1n) is 5.08. The molecule has 0 saturated carbocycles. The standard InChI is InChI=1S/C10H15N5O2/c1-7(2)15(5-9(11)14-17)10(16)8-3-12-6-13-4-8/h3-4,6-7,17H,5H2,1-2H3,(H2,11,14). The van der Waals surface area contributed by atoms with Crippen LogP contribution in [0.4, 0.5) is 0 Å². The van der Waals surface area contributed by atoms with Gasteiger partial charge in [-0.1, -0.05) is 5.16 Å². The van der Waals surface area contributed by atoms with E-state index in [1.807, 2.05) is 13.8 Å². The highest BCUT2D eigenvalue weighted by atomic mass is 16.4. The van der Waals surface area contributed by atoms with Gasteiger partial charge in [0, 0.05) is 18.4 Å². The first kappa shape index (κ1) is 12.9. The summed E-state index contributed by atoms with van der Waals surface area (Å²) < 4.78 is 0. The van der Waals surface area contributed by atoms with Crippen molar-refractivity contribution in [3.8, 4) is 0 Å². The topological polar surface area (TPSA) is 105 Å². The summed E-state index contributed by atoms with van der Waals surface area (Å²) in [5.74, 6) is -0.281. The van der Waals surface area contributed by atoms with E-state index in [0.29, 0.717) is 5.56 Å². The normalized spacial score (nSPS) is 11.6. The van der Waals surface area contributed by atoms with Gasteiger partial charge < -0.3 is 15.8 Å². The molecule has 0 aliphatic rings. The van der Waals surface area contributed by atoms with Crippen LogP contribution >= 0.6 is 0 Å². The summed E-state index contributed by atoms with van der Waals surface area (Å²) >= 11 is 0. The van der Waals surface area contributed by atoms with Crippen LogP contribution < -0.4 is 5.73 Å². The van der Waals surface area contributed by atoms with Gasteiger partial charge in [-0.3, -0.25) is 4.79 Å². The summed E-state index contributed by atoms with van der Waals surface area (Å²) in [4.78, 5) is 21.1. The Morgan fingerprint density at radius 2 is 2.12 bits per heavy atom. The first-order valence-corrected chi connectivity index (χ1v) is 5.08. The van der Waals surface area contributed by atoms with E-state index in [-0.39, 0.29) is 24.3 Å². The molecule has 1 aromatic heterocycles. The molecule has 0 unspecified atom stereocenters. The van der Waals surface area contributed by atoms with Gasteiger partial charge in [0.2, 0.25) is 0 Å². The van der Waals surface area contributed by atoms with Crippen molar-refractivity contribution in [1.29, 1.82) is 0 Å². The molecule has 0 saturated heterocycles. The number of nitrogens with zero attached hydrogens (tertiary/aromatic N) is 4. The third kappa shape index (κ3) is 3.40. The molecule has 1 heterocycles. The minimum atomic E-state index is -0.257. The van der Waals surface area contributed by atoms with Gasteiger partial charge in [0.1, 0.15) is 6.33 Å². The average molecular weight is 237 g/mol. The molecule has 0 aromatic carbocycles. The van der Waals surface area contributed by atoms with Crippen LogP contribution in [0.1, 0.15) is 24.2 Å². The van der Waals surface area contributed by atoms with E-state index in [9.17, 15) is 4.79 Å². The molecule has 0 spiro atoms. The second kappa shape index (κ2) is 5.78. The van der Waals surface area contributed by atoms with Crippen LogP contribution in [0.15, 0.2) is 23.9 Å². The Kier molecular flexibility index (Phi) is 4.38. The SMILES string of the molecule is CC(C)N(CC(N)=NO)C(=O)c1cncnc1. The van der Waals surface area contributed by atoms with E-state index in [1.165, 1.54) is 23.6 Å². The maximum absolute atomic E-state index is 12.1. The third-order valence-corrected chi connectivity index (χ3v) is 2.15. The molecule has 1 amide bonds. The predicted octanol–water partition coefficient (Wildman–Crippen LogP) is 0.0736. The summed E-state index contributed by atoms with van der Waals surface area (Å²) in [6.07, 6.45) is 4.20. The number of amidine groups is 1. The highest BCUT2D eigenvalue weighted by Gasteiger charge is 2.20. The number of hydrogen-bond acceptors (Lipinski definition) is 5. The molecule has 7 heteroatoms. The molecule has 3 N–H and O–H groups in total. The predicted molar refractivity (Wildman–Crippen MR) is 61.6 cm³/mol. The van der Waals surface area contributed by atoms with Crippen molar-refractivity contribution in [2.24, 2.45) is 10.9 Å². The van der Waals surface area contributed by atoms with Crippen molar-refractivity contribution in [3.63, 3.8) is 0 Å². The highest BCUT2D eigenvalue weighted by Crippen LogP contribution is 2.06. The quantitative estimate of drug-likeness (QED) is 0.334. The van der Waals surface area contributed by atoms with E-state index < -0.39 is 0 Å². The summed E-state index contributed by atoms with van der Waals surface area (Å²) in [5.41, 5.74) is 5.77. The number of nitrogens with two attached hydrogens (primary N) is 1. The summed E-state index contributed by atoms with van der Waals surface area (Å²) in [6, 6.07) is -0.0805. The fourth-order valence-corrected chi connectivity index (χ4v) is 1.27. The Bertz CT molecular complexity index is 404. The number of amides is 1. The first-order chi connectivity index (χ1) is 8.06. The molecule has 0 atom stereocenters. The second-order valence-corrected chi connectivity index (χ2v) is 3.75. The maximum atomic E-state index is 12.1. The molecule has 0 bridgehead atoms. The van der Waals surface area contributed by atoms with Crippen LogP contribution in [0.5, 0.6) is 0 Å². The highest BCUT2D eigenvalue weighted by molar-refractivity contribution is 5.96. The van der Waals surface area contributed by atoms with Crippen molar-refractivity contribution < 1.29 is 10.0 Å². The molecular formula is C10H15N5O2. The summed E-state index contributed by atoms with van der Waals surface area (Å²) in [7, 11) is 0. The minimum absolute atomic E-state index is 0.0242. The third-order valence-electron chi connectivity index (χ3n) is 2.15. The molecule has 7 nitrogen and oxygen atoms in total. The second-order valence-electron chi connectivity index (χ2n) is 3.75. The monoisotopic (exact) mass is 237 g/mol. The van der Waals surface area contributed by atoms with Gasteiger partial charge >= 0.3 is 0 Å². The molecule has 92 valence electrons. The van der Waals surface area contributed by atoms with Crippen molar-refractivity contribution >= 4 is 11.7 Å². The van der Waals surface area contributed by atoms with Crippen molar-refractivity contribution in [3.05, 3.63) is 24.3 Å². The number of hydrogen-bond donors (Lipinski definition) is 2. The molecule has 0 aliphatic heterocycles. The number of carbonyl (C=O) groups is 1. The van der Waals surface area contributed by atoms with Crippen molar-refractivity contribution in [2.75, 3.05) is 6.54 Å². The van der Waals surface area contributed by atoms with Crippen LogP contribution in [0.2, 0.25) is 0 Å². The molecule has 1 aromatic rings. The number of rotatable bonds is 4. The Labute approximate surface area is 99.0 Å². The number of oxime groups is 1. The van der Waals surface area contributed by atoms with Crippen LogP contribution in [0.3, 0.4) is 0 Å². The lowest BCUT2D eigenvalue weighted by atomic mass is 10.2. The van der Waals surface area contributed by atoms with Gasteiger partial charge in [-0.15, -0.1) is 0 Å². The molecule has 0 radical (unpaired) electrons.